The number of carbonyl (C=O) groups excluding carboxylic acids is 1. The second kappa shape index (κ2) is 6.42. The number of piperidine rings is 1. The van der Waals surface area contributed by atoms with Gasteiger partial charge in [0, 0.05) is 13.1 Å². The molecule has 1 aromatic rings. The molecule has 1 fully saturated rings. The van der Waals surface area contributed by atoms with Crippen LogP contribution in [0.4, 0.5) is 0 Å². The molecule has 0 N–H and O–H groups in total. The van der Waals surface area contributed by atoms with Crippen molar-refractivity contribution in [3.05, 3.63) is 29.8 Å². The molecule has 1 heterocycles. The molecule has 2 rings (SSSR count). The second-order valence-electron chi connectivity index (χ2n) is 5.40. The second-order valence-corrected chi connectivity index (χ2v) is 5.40. The Morgan fingerprint density at radius 1 is 1.35 bits per heavy atom. The highest BCUT2D eigenvalue weighted by Gasteiger charge is 2.25. The van der Waals surface area contributed by atoms with Gasteiger partial charge in [-0.25, -0.2) is 0 Å². The lowest BCUT2D eigenvalue weighted by atomic mass is 9.99. The highest BCUT2D eigenvalue weighted by Crippen LogP contribution is 2.19. The fourth-order valence-corrected chi connectivity index (χ4v) is 2.35. The van der Waals surface area contributed by atoms with Crippen LogP contribution in [0.2, 0.25) is 0 Å². The van der Waals surface area contributed by atoms with Gasteiger partial charge in [-0.15, -0.1) is 0 Å². The first kappa shape index (κ1) is 14.4. The summed E-state index contributed by atoms with van der Waals surface area (Å²) in [5, 5.41) is 8.74. The standard InChI is InChI=1S/C16H20N2O2/c1-12-7-9-18(10-8-12)16(19)13(2)20-15-5-3-14(11-17)4-6-15/h3-6,12-13H,7-10H2,1-2H3/t13-/m0/s1. The molecule has 0 saturated carbocycles. The SMILES string of the molecule is CC1CCN(C(=O)[C@H](C)Oc2ccc(C#N)cc2)CC1. The van der Waals surface area contributed by atoms with Crippen molar-refractivity contribution in [3.63, 3.8) is 0 Å². The molecule has 106 valence electrons. The van der Waals surface area contributed by atoms with E-state index in [4.69, 9.17) is 10.00 Å². The van der Waals surface area contributed by atoms with Crippen molar-refractivity contribution in [2.75, 3.05) is 13.1 Å². The molecule has 1 amide bonds. The van der Waals surface area contributed by atoms with Gasteiger partial charge < -0.3 is 9.64 Å². The minimum Gasteiger partial charge on any atom is -0.481 e. The van der Waals surface area contributed by atoms with Crippen LogP contribution in [0.5, 0.6) is 5.75 Å². The van der Waals surface area contributed by atoms with E-state index in [0.717, 1.165) is 25.9 Å². The summed E-state index contributed by atoms with van der Waals surface area (Å²) in [6.07, 6.45) is 1.64. The molecule has 0 radical (unpaired) electrons. The van der Waals surface area contributed by atoms with Crippen LogP contribution in [-0.2, 0) is 4.79 Å². The number of carbonyl (C=O) groups is 1. The first-order chi connectivity index (χ1) is 9.60. The molecule has 1 aromatic carbocycles. The summed E-state index contributed by atoms with van der Waals surface area (Å²) in [6.45, 7) is 5.64. The lowest BCUT2D eigenvalue weighted by Crippen LogP contribution is -2.44. The third kappa shape index (κ3) is 3.51. The van der Waals surface area contributed by atoms with E-state index in [9.17, 15) is 4.79 Å². The maximum absolute atomic E-state index is 12.3. The van der Waals surface area contributed by atoms with Crippen LogP contribution in [0.3, 0.4) is 0 Å². The normalized spacial score (nSPS) is 17.4. The Hall–Kier alpha value is -2.02. The summed E-state index contributed by atoms with van der Waals surface area (Å²) in [4.78, 5) is 14.2. The van der Waals surface area contributed by atoms with E-state index in [2.05, 4.69) is 13.0 Å². The molecule has 1 atom stereocenters. The van der Waals surface area contributed by atoms with E-state index >= 15 is 0 Å². The average Bonchev–Trinajstić information content (AvgIpc) is 2.48. The Labute approximate surface area is 120 Å². The van der Waals surface area contributed by atoms with Crippen molar-refractivity contribution in [2.24, 2.45) is 5.92 Å². The van der Waals surface area contributed by atoms with Gasteiger partial charge in [0.25, 0.3) is 5.91 Å². The number of rotatable bonds is 3. The molecule has 0 bridgehead atoms. The average molecular weight is 272 g/mol. The summed E-state index contributed by atoms with van der Waals surface area (Å²) < 4.78 is 5.66. The van der Waals surface area contributed by atoms with Crippen molar-refractivity contribution in [1.82, 2.24) is 4.90 Å². The van der Waals surface area contributed by atoms with Crippen LogP contribution in [0.25, 0.3) is 0 Å². The van der Waals surface area contributed by atoms with Gasteiger partial charge in [-0.1, -0.05) is 6.92 Å². The first-order valence-electron chi connectivity index (χ1n) is 7.05. The zero-order valence-corrected chi connectivity index (χ0v) is 12.0. The summed E-state index contributed by atoms with van der Waals surface area (Å²) in [5.41, 5.74) is 0.585. The number of ether oxygens (including phenoxy) is 1. The highest BCUT2D eigenvalue weighted by atomic mass is 16.5. The van der Waals surface area contributed by atoms with Gasteiger partial charge in [0.05, 0.1) is 11.6 Å². The van der Waals surface area contributed by atoms with Crippen molar-refractivity contribution in [3.8, 4) is 11.8 Å². The Bertz CT molecular complexity index is 496. The smallest absolute Gasteiger partial charge is 0.263 e. The molecule has 0 aromatic heterocycles. The number of nitriles is 1. The number of hydrogen-bond acceptors (Lipinski definition) is 3. The monoisotopic (exact) mass is 272 g/mol. The van der Waals surface area contributed by atoms with E-state index in [1.807, 2.05) is 4.90 Å². The molecule has 1 saturated heterocycles. The van der Waals surface area contributed by atoms with Crippen molar-refractivity contribution < 1.29 is 9.53 Å². The fraction of sp³-hybridized carbons (Fsp3) is 0.500. The van der Waals surface area contributed by atoms with E-state index in [1.165, 1.54) is 0 Å². The number of amides is 1. The third-order valence-corrected chi connectivity index (χ3v) is 3.74. The van der Waals surface area contributed by atoms with Crippen LogP contribution < -0.4 is 4.74 Å². The summed E-state index contributed by atoms with van der Waals surface area (Å²) in [6, 6.07) is 8.88. The summed E-state index contributed by atoms with van der Waals surface area (Å²) in [7, 11) is 0. The summed E-state index contributed by atoms with van der Waals surface area (Å²) >= 11 is 0. The van der Waals surface area contributed by atoms with Crippen LogP contribution in [0, 0.1) is 17.2 Å². The van der Waals surface area contributed by atoms with Crippen LogP contribution in [-0.4, -0.2) is 30.0 Å². The number of nitrogens with zero attached hydrogens (tertiary/aromatic N) is 2. The minimum atomic E-state index is -0.489. The zero-order chi connectivity index (χ0) is 14.5. The maximum atomic E-state index is 12.3. The Morgan fingerprint density at radius 2 is 1.95 bits per heavy atom. The molecule has 1 aliphatic heterocycles. The van der Waals surface area contributed by atoms with Gasteiger partial charge in [0.1, 0.15) is 5.75 Å². The molecular formula is C16H20N2O2. The van der Waals surface area contributed by atoms with Crippen molar-refractivity contribution in [1.29, 1.82) is 5.26 Å². The Kier molecular flexibility index (Phi) is 4.62. The van der Waals surface area contributed by atoms with Crippen LogP contribution in [0.15, 0.2) is 24.3 Å². The highest BCUT2D eigenvalue weighted by molar-refractivity contribution is 5.81. The molecule has 1 aliphatic rings. The zero-order valence-electron chi connectivity index (χ0n) is 12.0. The van der Waals surface area contributed by atoms with Gasteiger partial charge in [-0.05, 0) is 49.9 Å². The number of benzene rings is 1. The van der Waals surface area contributed by atoms with E-state index in [-0.39, 0.29) is 5.91 Å². The van der Waals surface area contributed by atoms with Gasteiger partial charge in [-0.2, -0.15) is 5.26 Å². The van der Waals surface area contributed by atoms with Gasteiger partial charge in [0.2, 0.25) is 0 Å². The molecule has 0 aliphatic carbocycles. The predicted octanol–water partition coefficient (Wildman–Crippen LogP) is 2.58. The van der Waals surface area contributed by atoms with E-state index in [1.54, 1.807) is 31.2 Å². The third-order valence-electron chi connectivity index (χ3n) is 3.74. The molecular weight excluding hydrogens is 252 g/mol. The molecule has 4 heteroatoms. The van der Waals surface area contributed by atoms with E-state index in [0.29, 0.717) is 17.2 Å². The van der Waals surface area contributed by atoms with Gasteiger partial charge in [0.15, 0.2) is 6.10 Å². The minimum absolute atomic E-state index is 0.0428. The van der Waals surface area contributed by atoms with Gasteiger partial charge >= 0.3 is 0 Å². The Balaban J connectivity index is 1.91. The lowest BCUT2D eigenvalue weighted by molar-refractivity contribution is -0.139. The molecule has 20 heavy (non-hydrogen) atoms. The molecule has 0 spiro atoms. The first-order valence-corrected chi connectivity index (χ1v) is 7.05. The molecule has 4 nitrogen and oxygen atoms in total. The van der Waals surface area contributed by atoms with Crippen LogP contribution in [0.1, 0.15) is 32.3 Å². The number of hydrogen-bond donors (Lipinski definition) is 0. The largest absolute Gasteiger partial charge is 0.481 e. The number of likely N-dealkylation sites (tertiary alicyclic amines) is 1. The van der Waals surface area contributed by atoms with Gasteiger partial charge in [-0.3, -0.25) is 4.79 Å². The van der Waals surface area contributed by atoms with E-state index < -0.39 is 6.10 Å². The van der Waals surface area contributed by atoms with Crippen molar-refractivity contribution in [2.45, 2.75) is 32.8 Å². The maximum Gasteiger partial charge on any atom is 0.263 e. The lowest BCUT2D eigenvalue weighted by Gasteiger charge is -2.32. The fourth-order valence-electron chi connectivity index (χ4n) is 2.35. The quantitative estimate of drug-likeness (QED) is 0.849. The summed E-state index contributed by atoms with van der Waals surface area (Å²) in [5.74, 6) is 1.37. The topological polar surface area (TPSA) is 53.3 Å². The van der Waals surface area contributed by atoms with Crippen LogP contribution >= 0.6 is 0 Å². The Morgan fingerprint density at radius 3 is 2.50 bits per heavy atom. The van der Waals surface area contributed by atoms with Crippen molar-refractivity contribution >= 4 is 5.91 Å². The predicted molar refractivity (Wildman–Crippen MR) is 76.2 cm³/mol. The molecule has 0 unspecified atom stereocenters.